The predicted molar refractivity (Wildman–Crippen MR) is 81.4 cm³/mol. The average molecular weight is 285 g/mol. The Labute approximate surface area is 120 Å². The highest BCUT2D eigenvalue weighted by molar-refractivity contribution is 7.11. The van der Waals surface area contributed by atoms with Gasteiger partial charge < -0.3 is 0 Å². The minimum Gasteiger partial charge on any atom is -0.293 e. The molecule has 0 unspecified atom stereocenters. The Hall–Kier alpha value is -2.01. The van der Waals surface area contributed by atoms with E-state index >= 15 is 0 Å². The molecule has 2 heterocycles. The highest BCUT2D eigenvalue weighted by Gasteiger charge is 2.09. The average Bonchev–Trinajstić information content (AvgIpc) is 2.72. The van der Waals surface area contributed by atoms with Crippen LogP contribution in [0.4, 0.5) is 0 Å². The molecule has 102 valence electrons. The van der Waals surface area contributed by atoms with E-state index in [0.717, 1.165) is 26.7 Å². The molecule has 0 aliphatic heterocycles. The number of para-hydroxylation sites is 1. The fraction of sp³-hybridized carbons (Fsp3) is 0.267. The van der Waals surface area contributed by atoms with Gasteiger partial charge in [-0.3, -0.25) is 9.36 Å². The Kier molecular flexibility index (Phi) is 3.14. The molecule has 0 N–H and O–H groups in total. The highest BCUT2D eigenvalue weighted by atomic mass is 32.1. The molecule has 2 aromatic heterocycles. The number of rotatable bonds is 2. The largest absolute Gasteiger partial charge is 0.293 e. The van der Waals surface area contributed by atoms with Gasteiger partial charge in [0.2, 0.25) is 0 Å². The smallest absolute Gasteiger partial charge is 0.261 e. The fourth-order valence-corrected chi connectivity index (χ4v) is 3.26. The van der Waals surface area contributed by atoms with Crippen LogP contribution in [0.25, 0.3) is 10.9 Å². The van der Waals surface area contributed by atoms with E-state index in [-0.39, 0.29) is 5.56 Å². The molecule has 0 aliphatic rings. The number of hydrogen-bond acceptors (Lipinski definition) is 4. The lowest BCUT2D eigenvalue weighted by Crippen LogP contribution is -2.21. The first-order chi connectivity index (χ1) is 9.56. The second-order valence-electron chi connectivity index (χ2n) is 4.89. The molecular weight excluding hydrogens is 270 g/mol. The van der Waals surface area contributed by atoms with Crippen LogP contribution in [-0.2, 0) is 6.54 Å². The summed E-state index contributed by atoms with van der Waals surface area (Å²) in [6.45, 7) is 6.46. The maximum Gasteiger partial charge on any atom is 0.261 e. The summed E-state index contributed by atoms with van der Waals surface area (Å²) >= 11 is 1.63. The highest BCUT2D eigenvalue weighted by Crippen LogP contribution is 2.18. The van der Waals surface area contributed by atoms with Crippen molar-refractivity contribution in [1.82, 2.24) is 14.5 Å². The summed E-state index contributed by atoms with van der Waals surface area (Å²) in [5.41, 5.74) is 2.80. The first kappa shape index (κ1) is 13.0. The summed E-state index contributed by atoms with van der Waals surface area (Å²) in [6.07, 6.45) is 1.63. The number of hydrogen-bond donors (Lipinski definition) is 0. The van der Waals surface area contributed by atoms with Gasteiger partial charge in [-0.1, -0.05) is 12.1 Å². The molecule has 0 radical (unpaired) electrons. The Balaban J connectivity index is 2.12. The van der Waals surface area contributed by atoms with E-state index in [0.29, 0.717) is 11.9 Å². The normalized spacial score (nSPS) is 11.2. The van der Waals surface area contributed by atoms with Crippen molar-refractivity contribution in [2.75, 3.05) is 0 Å². The van der Waals surface area contributed by atoms with Crippen LogP contribution in [0.2, 0.25) is 0 Å². The molecule has 5 heteroatoms. The molecule has 0 atom stereocenters. The van der Waals surface area contributed by atoms with Crippen molar-refractivity contribution in [2.24, 2.45) is 0 Å². The van der Waals surface area contributed by atoms with Gasteiger partial charge in [0.25, 0.3) is 5.56 Å². The van der Waals surface area contributed by atoms with Crippen molar-refractivity contribution in [3.8, 4) is 0 Å². The van der Waals surface area contributed by atoms with Crippen molar-refractivity contribution in [2.45, 2.75) is 27.3 Å². The lowest BCUT2D eigenvalue weighted by atomic mass is 10.1. The molecule has 0 amide bonds. The van der Waals surface area contributed by atoms with Crippen LogP contribution in [0.3, 0.4) is 0 Å². The van der Waals surface area contributed by atoms with Gasteiger partial charge >= 0.3 is 0 Å². The van der Waals surface area contributed by atoms with Crippen LogP contribution in [0.5, 0.6) is 0 Å². The zero-order valence-electron chi connectivity index (χ0n) is 11.7. The van der Waals surface area contributed by atoms with E-state index in [1.165, 1.54) is 0 Å². The predicted octanol–water partition coefficient (Wildman–Crippen LogP) is 2.83. The maximum atomic E-state index is 12.5. The molecule has 20 heavy (non-hydrogen) atoms. The van der Waals surface area contributed by atoms with Crippen molar-refractivity contribution >= 4 is 22.2 Å². The zero-order chi connectivity index (χ0) is 14.3. The zero-order valence-corrected chi connectivity index (χ0v) is 12.5. The van der Waals surface area contributed by atoms with Gasteiger partial charge in [-0.05, 0) is 32.4 Å². The standard InChI is InChI=1S/C15H15N3OS/c1-9-5-4-6-12-14(9)16-8-18(15(12)19)7-13-10(2)17-11(3)20-13/h4-6,8H,7H2,1-3H3. The van der Waals surface area contributed by atoms with Crippen LogP contribution >= 0.6 is 11.3 Å². The van der Waals surface area contributed by atoms with Gasteiger partial charge in [-0.25, -0.2) is 9.97 Å². The molecule has 3 aromatic rings. The molecule has 0 saturated carbocycles. The summed E-state index contributed by atoms with van der Waals surface area (Å²) in [6, 6.07) is 5.70. The second kappa shape index (κ2) is 4.83. The summed E-state index contributed by atoms with van der Waals surface area (Å²) in [7, 11) is 0. The minimum absolute atomic E-state index is 0.00385. The SMILES string of the molecule is Cc1nc(C)c(Cn2cnc3c(C)cccc3c2=O)s1. The molecular formula is C15H15N3OS. The monoisotopic (exact) mass is 285 g/mol. The van der Waals surface area contributed by atoms with Crippen LogP contribution in [0, 0.1) is 20.8 Å². The number of benzene rings is 1. The summed E-state index contributed by atoms with van der Waals surface area (Å²) in [5, 5.41) is 1.70. The Morgan fingerprint density at radius 2 is 2.05 bits per heavy atom. The van der Waals surface area contributed by atoms with E-state index in [2.05, 4.69) is 9.97 Å². The second-order valence-corrected chi connectivity index (χ2v) is 6.18. The van der Waals surface area contributed by atoms with E-state index < -0.39 is 0 Å². The number of aromatic nitrogens is 3. The minimum atomic E-state index is 0.00385. The third kappa shape index (κ3) is 2.14. The number of fused-ring (bicyclic) bond motifs is 1. The topological polar surface area (TPSA) is 47.8 Å². The fourth-order valence-electron chi connectivity index (χ4n) is 2.33. The van der Waals surface area contributed by atoms with Crippen molar-refractivity contribution in [1.29, 1.82) is 0 Å². The molecule has 0 saturated heterocycles. The lowest BCUT2D eigenvalue weighted by Gasteiger charge is -2.06. The molecule has 4 nitrogen and oxygen atoms in total. The van der Waals surface area contributed by atoms with E-state index in [9.17, 15) is 4.79 Å². The molecule has 0 aliphatic carbocycles. The number of thiazole rings is 1. The Morgan fingerprint density at radius 1 is 1.25 bits per heavy atom. The van der Waals surface area contributed by atoms with Gasteiger partial charge in [0.05, 0.1) is 34.5 Å². The van der Waals surface area contributed by atoms with E-state index in [4.69, 9.17) is 0 Å². The Morgan fingerprint density at radius 3 is 2.75 bits per heavy atom. The van der Waals surface area contributed by atoms with E-state index in [1.807, 2.05) is 39.0 Å². The molecule has 0 fully saturated rings. The van der Waals surface area contributed by atoms with Gasteiger partial charge in [0, 0.05) is 4.88 Å². The number of nitrogens with zero attached hydrogens (tertiary/aromatic N) is 3. The molecule has 3 rings (SSSR count). The molecule has 0 bridgehead atoms. The van der Waals surface area contributed by atoms with Gasteiger partial charge in [-0.15, -0.1) is 11.3 Å². The third-order valence-corrected chi connectivity index (χ3v) is 4.43. The lowest BCUT2D eigenvalue weighted by molar-refractivity contribution is 0.752. The van der Waals surface area contributed by atoms with Crippen molar-refractivity contribution in [3.05, 3.63) is 56.0 Å². The molecule has 1 aromatic carbocycles. The Bertz CT molecular complexity index is 848. The first-order valence-corrected chi connectivity index (χ1v) is 7.25. The van der Waals surface area contributed by atoms with Crippen LogP contribution in [0.1, 0.15) is 21.1 Å². The van der Waals surface area contributed by atoms with Crippen LogP contribution in [0.15, 0.2) is 29.3 Å². The summed E-state index contributed by atoms with van der Waals surface area (Å²) in [5.74, 6) is 0. The summed E-state index contributed by atoms with van der Waals surface area (Å²) in [4.78, 5) is 22.4. The third-order valence-electron chi connectivity index (χ3n) is 3.37. The van der Waals surface area contributed by atoms with Gasteiger partial charge in [0.1, 0.15) is 0 Å². The van der Waals surface area contributed by atoms with Crippen molar-refractivity contribution in [3.63, 3.8) is 0 Å². The van der Waals surface area contributed by atoms with Crippen molar-refractivity contribution < 1.29 is 0 Å². The van der Waals surface area contributed by atoms with Gasteiger partial charge in [-0.2, -0.15) is 0 Å². The first-order valence-electron chi connectivity index (χ1n) is 6.44. The van der Waals surface area contributed by atoms with Crippen LogP contribution in [-0.4, -0.2) is 14.5 Å². The van der Waals surface area contributed by atoms with Gasteiger partial charge in [0.15, 0.2) is 0 Å². The quantitative estimate of drug-likeness (QED) is 0.727. The van der Waals surface area contributed by atoms with E-state index in [1.54, 1.807) is 22.2 Å². The summed E-state index contributed by atoms with van der Waals surface area (Å²) < 4.78 is 1.65. The maximum absolute atomic E-state index is 12.5. The van der Waals surface area contributed by atoms with Crippen LogP contribution < -0.4 is 5.56 Å². The molecule has 0 spiro atoms. The number of aryl methyl sites for hydroxylation is 3.